The maximum absolute atomic E-state index is 12.3. The molecule has 1 amide bonds. The molecule has 1 aliphatic heterocycles. The Bertz CT molecular complexity index is 462. The zero-order valence-electron chi connectivity index (χ0n) is 15.4. The molecule has 3 unspecified atom stereocenters. The highest BCUT2D eigenvalue weighted by Crippen LogP contribution is 2.39. The van der Waals surface area contributed by atoms with Crippen molar-refractivity contribution in [2.24, 2.45) is 11.8 Å². The van der Waals surface area contributed by atoms with Gasteiger partial charge in [-0.3, -0.25) is 14.5 Å². The second-order valence-electron chi connectivity index (χ2n) is 8.37. The lowest BCUT2D eigenvalue weighted by molar-refractivity contribution is -0.143. The van der Waals surface area contributed by atoms with Crippen molar-refractivity contribution < 1.29 is 14.7 Å². The average molecular weight is 351 g/mol. The van der Waals surface area contributed by atoms with Gasteiger partial charge in [-0.1, -0.05) is 44.9 Å². The SMILES string of the molecule is O=C(CN1C(C(=O)O)CC2CCCCC21)NCCCC1CCCCC1. The number of hydrogen-bond donors (Lipinski definition) is 2. The van der Waals surface area contributed by atoms with Gasteiger partial charge in [-0.05, 0) is 43.9 Å². The number of rotatable bonds is 7. The van der Waals surface area contributed by atoms with E-state index in [2.05, 4.69) is 5.32 Å². The van der Waals surface area contributed by atoms with Crippen LogP contribution in [0.5, 0.6) is 0 Å². The molecule has 5 heteroatoms. The number of aliphatic carboxylic acids is 1. The molecule has 2 aliphatic carbocycles. The molecule has 3 rings (SSSR count). The molecule has 0 spiro atoms. The molecule has 0 aromatic heterocycles. The van der Waals surface area contributed by atoms with Crippen LogP contribution in [0.4, 0.5) is 0 Å². The summed E-state index contributed by atoms with van der Waals surface area (Å²) in [4.78, 5) is 25.9. The number of nitrogens with zero attached hydrogens (tertiary/aromatic N) is 1. The Kier molecular flexibility index (Phi) is 6.74. The summed E-state index contributed by atoms with van der Waals surface area (Å²) < 4.78 is 0. The lowest BCUT2D eigenvalue weighted by Gasteiger charge is -2.32. The third kappa shape index (κ3) is 4.96. The first-order valence-electron chi connectivity index (χ1n) is 10.4. The van der Waals surface area contributed by atoms with Crippen LogP contribution >= 0.6 is 0 Å². The standard InChI is InChI=1S/C20H34N2O3/c23-19(21-12-6-9-15-7-2-1-3-8-15)14-22-17-11-5-4-10-16(17)13-18(22)20(24)25/h15-18H,1-14H2,(H,21,23)(H,24,25). The Balaban J connectivity index is 1.41. The summed E-state index contributed by atoms with van der Waals surface area (Å²) in [7, 11) is 0. The summed E-state index contributed by atoms with van der Waals surface area (Å²) in [5.74, 6) is 0.554. The molecule has 3 fully saturated rings. The van der Waals surface area contributed by atoms with Gasteiger partial charge in [0.15, 0.2) is 0 Å². The van der Waals surface area contributed by atoms with Crippen molar-refractivity contribution >= 4 is 11.9 Å². The largest absolute Gasteiger partial charge is 0.480 e. The molecule has 1 heterocycles. The van der Waals surface area contributed by atoms with Crippen LogP contribution in [0.15, 0.2) is 0 Å². The summed E-state index contributed by atoms with van der Waals surface area (Å²) in [6.07, 6.45) is 14.3. The molecule has 3 atom stereocenters. The lowest BCUT2D eigenvalue weighted by atomic mass is 9.85. The minimum Gasteiger partial charge on any atom is -0.480 e. The van der Waals surface area contributed by atoms with Gasteiger partial charge in [0, 0.05) is 12.6 Å². The van der Waals surface area contributed by atoms with Gasteiger partial charge >= 0.3 is 5.97 Å². The van der Waals surface area contributed by atoms with Crippen molar-refractivity contribution in [3.05, 3.63) is 0 Å². The van der Waals surface area contributed by atoms with Crippen molar-refractivity contribution in [3.63, 3.8) is 0 Å². The van der Waals surface area contributed by atoms with Crippen LogP contribution in [0, 0.1) is 11.8 Å². The van der Waals surface area contributed by atoms with Crippen LogP contribution in [-0.4, -0.2) is 47.1 Å². The summed E-state index contributed by atoms with van der Waals surface area (Å²) in [6.45, 7) is 0.983. The number of carbonyl (C=O) groups is 2. The Morgan fingerprint density at radius 3 is 2.48 bits per heavy atom. The first-order valence-corrected chi connectivity index (χ1v) is 10.4. The Hall–Kier alpha value is -1.10. The van der Waals surface area contributed by atoms with Crippen LogP contribution in [0.1, 0.15) is 77.0 Å². The van der Waals surface area contributed by atoms with Gasteiger partial charge in [0.1, 0.15) is 6.04 Å². The minimum absolute atomic E-state index is 0.00103. The predicted molar refractivity (Wildman–Crippen MR) is 97.3 cm³/mol. The third-order valence-electron chi connectivity index (χ3n) is 6.67. The van der Waals surface area contributed by atoms with Crippen LogP contribution in [0.3, 0.4) is 0 Å². The molecular weight excluding hydrogens is 316 g/mol. The maximum Gasteiger partial charge on any atom is 0.320 e. The molecule has 2 saturated carbocycles. The normalized spacial score (nSPS) is 30.8. The molecule has 25 heavy (non-hydrogen) atoms. The average Bonchev–Trinajstić information content (AvgIpc) is 2.99. The molecule has 142 valence electrons. The van der Waals surface area contributed by atoms with Gasteiger partial charge in [-0.2, -0.15) is 0 Å². The van der Waals surface area contributed by atoms with Crippen molar-refractivity contribution in [3.8, 4) is 0 Å². The molecular formula is C20H34N2O3. The Labute approximate surface area is 151 Å². The molecule has 2 N–H and O–H groups in total. The maximum atomic E-state index is 12.3. The topological polar surface area (TPSA) is 69.6 Å². The monoisotopic (exact) mass is 350 g/mol. The second-order valence-corrected chi connectivity index (χ2v) is 8.37. The molecule has 0 bridgehead atoms. The third-order valence-corrected chi connectivity index (χ3v) is 6.67. The van der Waals surface area contributed by atoms with Gasteiger partial charge in [0.25, 0.3) is 0 Å². The Morgan fingerprint density at radius 2 is 1.72 bits per heavy atom. The molecule has 0 aromatic rings. The first-order chi connectivity index (χ1) is 12.1. The fourth-order valence-corrected chi connectivity index (χ4v) is 5.34. The molecule has 0 radical (unpaired) electrons. The van der Waals surface area contributed by atoms with E-state index in [1.165, 1.54) is 44.9 Å². The number of carbonyl (C=O) groups excluding carboxylic acids is 1. The summed E-state index contributed by atoms with van der Waals surface area (Å²) >= 11 is 0. The predicted octanol–water partition coefficient (Wildman–Crippen LogP) is 3.18. The van der Waals surface area contributed by atoms with E-state index >= 15 is 0 Å². The van der Waals surface area contributed by atoms with E-state index in [1.54, 1.807) is 0 Å². The van der Waals surface area contributed by atoms with Crippen LogP contribution < -0.4 is 5.32 Å². The number of carboxylic acids is 1. The van der Waals surface area contributed by atoms with Gasteiger partial charge in [0.05, 0.1) is 6.54 Å². The highest BCUT2D eigenvalue weighted by Gasteiger charge is 2.45. The van der Waals surface area contributed by atoms with Gasteiger partial charge < -0.3 is 10.4 Å². The van der Waals surface area contributed by atoms with Crippen molar-refractivity contribution in [2.75, 3.05) is 13.1 Å². The number of likely N-dealkylation sites (tertiary alicyclic amines) is 1. The highest BCUT2D eigenvalue weighted by molar-refractivity contribution is 5.80. The summed E-state index contributed by atoms with van der Waals surface area (Å²) in [6, 6.07) is -0.177. The summed E-state index contributed by atoms with van der Waals surface area (Å²) in [5.41, 5.74) is 0. The minimum atomic E-state index is -0.764. The molecule has 3 aliphatic rings. The van der Waals surface area contributed by atoms with Gasteiger partial charge in [0.2, 0.25) is 5.91 Å². The van der Waals surface area contributed by atoms with Crippen molar-refractivity contribution in [1.29, 1.82) is 0 Å². The number of carboxylic acid groups (broad SMARTS) is 1. The zero-order valence-corrected chi connectivity index (χ0v) is 15.4. The van der Waals surface area contributed by atoms with Crippen molar-refractivity contribution in [2.45, 2.75) is 89.1 Å². The van der Waals surface area contributed by atoms with E-state index in [9.17, 15) is 14.7 Å². The molecule has 0 aromatic carbocycles. The zero-order chi connectivity index (χ0) is 17.6. The van der Waals surface area contributed by atoms with E-state index in [-0.39, 0.29) is 12.5 Å². The number of hydrogen-bond acceptors (Lipinski definition) is 3. The highest BCUT2D eigenvalue weighted by atomic mass is 16.4. The molecule has 5 nitrogen and oxygen atoms in total. The van der Waals surface area contributed by atoms with Crippen LogP contribution in [0.25, 0.3) is 0 Å². The van der Waals surface area contributed by atoms with E-state index in [1.807, 2.05) is 4.90 Å². The molecule has 1 saturated heterocycles. The van der Waals surface area contributed by atoms with Crippen molar-refractivity contribution in [1.82, 2.24) is 10.2 Å². The van der Waals surface area contributed by atoms with E-state index in [0.29, 0.717) is 12.0 Å². The Morgan fingerprint density at radius 1 is 1.00 bits per heavy atom. The lowest BCUT2D eigenvalue weighted by Crippen LogP contribution is -2.47. The smallest absolute Gasteiger partial charge is 0.320 e. The number of amides is 1. The first kappa shape index (κ1) is 18.7. The fraction of sp³-hybridized carbons (Fsp3) is 0.900. The summed E-state index contributed by atoms with van der Waals surface area (Å²) in [5, 5.41) is 12.6. The quantitative estimate of drug-likeness (QED) is 0.692. The number of fused-ring (bicyclic) bond motifs is 1. The second kappa shape index (κ2) is 9.02. The van der Waals surface area contributed by atoms with Gasteiger partial charge in [-0.25, -0.2) is 0 Å². The van der Waals surface area contributed by atoms with Gasteiger partial charge in [-0.15, -0.1) is 0 Å². The van der Waals surface area contributed by atoms with E-state index in [0.717, 1.165) is 44.6 Å². The fourth-order valence-electron chi connectivity index (χ4n) is 5.34. The van der Waals surface area contributed by atoms with Crippen LogP contribution in [-0.2, 0) is 9.59 Å². The number of nitrogens with one attached hydrogen (secondary N) is 1. The van der Waals surface area contributed by atoms with Crippen LogP contribution in [0.2, 0.25) is 0 Å². The van der Waals surface area contributed by atoms with E-state index < -0.39 is 12.0 Å². The van der Waals surface area contributed by atoms with E-state index in [4.69, 9.17) is 0 Å².